The summed E-state index contributed by atoms with van der Waals surface area (Å²) in [7, 11) is 0. The Kier molecular flexibility index (Phi) is 4.53. The van der Waals surface area contributed by atoms with E-state index in [2.05, 4.69) is 16.3 Å². The van der Waals surface area contributed by atoms with E-state index in [1.165, 1.54) is 4.88 Å². The lowest BCUT2D eigenvalue weighted by Gasteiger charge is -2.34. The Bertz CT molecular complexity index is 353. The van der Waals surface area contributed by atoms with Gasteiger partial charge in [0.15, 0.2) is 0 Å². The first kappa shape index (κ1) is 12.5. The summed E-state index contributed by atoms with van der Waals surface area (Å²) in [6, 6.07) is 4.20. The smallest absolute Gasteiger partial charge is 0.305 e. The molecule has 1 aliphatic rings. The number of thiophene rings is 1. The van der Waals surface area contributed by atoms with Gasteiger partial charge in [0.1, 0.15) is 0 Å². The number of hydrogen-bond donors (Lipinski definition) is 1. The average molecular weight is 255 g/mol. The number of morpholine rings is 1. The zero-order valence-electron chi connectivity index (χ0n) is 9.67. The standard InChI is InChI=1S/C12H17NO3S/c14-12(15)8-10-9-16-6-5-13(10)4-3-11-2-1-7-17-11/h1-2,7,10H,3-6,8-9H2,(H,14,15). The van der Waals surface area contributed by atoms with Gasteiger partial charge in [-0.25, -0.2) is 0 Å². The van der Waals surface area contributed by atoms with Crippen molar-refractivity contribution in [1.82, 2.24) is 4.90 Å². The van der Waals surface area contributed by atoms with Crippen LogP contribution in [0.4, 0.5) is 0 Å². The molecule has 0 radical (unpaired) electrons. The van der Waals surface area contributed by atoms with Crippen molar-refractivity contribution in [2.75, 3.05) is 26.3 Å². The maximum absolute atomic E-state index is 10.8. The number of carbonyl (C=O) groups is 1. The van der Waals surface area contributed by atoms with Crippen molar-refractivity contribution >= 4 is 17.3 Å². The van der Waals surface area contributed by atoms with Crippen molar-refractivity contribution in [3.05, 3.63) is 22.4 Å². The molecule has 1 aromatic rings. The second-order valence-corrected chi connectivity index (χ2v) is 5.22. The first-order valence-corrected chi connectivity index (χ1v) is 6.69. The highest BCUT2D eigenvalue weighted by atomic mass is 32.1. The zero-order valence-corrected chi connectivity index (χ0v) is 10.5. The summed E-state index contributed by atoms with van der Waals surface area (Å²) in [6.07, 6.45) is 1.16. The molecule has 2 rings (SSSR count). The Morgan fingerprint density at radius 2 is 2.53 bits per heavy atom. The van der Waals surface area contributed by atoms with Crippen LogP contribution in [0.3, 0.4) is 0 Å². The molecule has 0 spiro atoms. The minimum atomic E-state index is -0.748. The number of rotatable bonds is 5. The van der Waals surface area contributed by atoms with Gasteiger partial charge in [-0.05, 0) is 17.9 Å². The molecule has 0 bridgehead atoms. The fourth-order valence-corrected chi connectivity index (χ4v) is 2.78. The van der Waals surface area contributed by atoms with E-state index in [1.807, 2.05) is 6.07 Å². The lowest BCUT2D eigenvalue weighted by Crippen LogP contribution is -2.47. The van der Waals surface area contributed by atoms with Crippen LogP contribution < -0.4 is 0 Å². The van der Waals surface area contributed by atoms with E-state index in [9.17, 15) is 4.79 Å². The van der Waals surface area contributed by atoms with Gasteiger partial charge in [-0.15, -0.1) is 11.3 Å². The molecule has 94 valence electrons. The molecule has 0 aliphatic carbocycles. The summed E-state index contributed by atoms with van der Waals surface area (Å²) in [5.74, 6) is -0.748. The average Bonchev–Trinajstić information content (AvgIpc) is 2.80. The number of nitrogens with zero attached hydrogens (tertiary/aromatic N) is 1. The van der Waals surface area contributed by atoms with Crippen LogP contribution in [0.1, 0.15) is 11.3 Å². The van der Waals surface area contributed by atoms with Crippen molar-refractivity contribution in [1.29, 1.82) is 0 Å². The number of aliphatic carboxylic acids is 1. The van der Waals surface area contributed by atoms with Crippen LogP contribution in [0.15, 0.2) is 17.5 Å². The largest absolute Gasteiger partial charge is 0.481 e. The normalized spacial score (nSPS) is 21.5. The number of carboxylic acid groups (broad SMARTS) is 1. The fraction of sp³-hybridized carbons (Fsp3) is 0.583. The molecule has 0 saturated carbocycles. The minimum Gasteiger partial charge on any atom is -0.481 e. The summed E-state index contributed by atoms with van der Waals surface area (Å²) in [6.45, 7) is 3.00. The second kappa shape index (κ2) is 6.14. The first-order chi connectivity index (χ1) is 8.25. The summed E-state index contributed by atoms with van der Waals surface area (Å²) >= 11 is 1.75. The van der Waals surface area contributed by atoms with Crippen LogP contribution in [-0.2, 0) is 16.0 Å². The Hall–Kier alpha value is -0.910. The molecule has 1 saturated heterocycles. The highest BCUT2D eigenvalue weighted by Gasteiger charge is 2.24. The van der Waals surface area contributed by atoms with E-state index in [-0.39, 0.29) is 12.5 Å². The van der Waals surface area contributed by atoms with Crippen molar-refractivity contribution in [3.63, 3.8) is 0 Å². The van der Waals surface area contributed by atoms with Gasteiger partial charge >= 0.3 is 5.97 Å². The van der Waals surface area contributed by atoms with Crippen LogP contribution in [0.2, 0.25) is 0 Å². The molecule has 4 nitrogen and oxygen atoms in total. The maximum atomic E-state index is 10.8. The van der Waals surface area contributed by atoms with Gasteiger partial charge < -0.3 is 9.84 Å². The molecule has 1 fully saturated rings. The molecule has 17 heavy (non-hydrogen) atoms. The van der Waals surface area contributed by atoms with Gasteiger partial charge in [-0.1, -0.05) is 6.07 Å². The summed E-state index contributed by atoms with van der Waals surface area (Å²) in [5, 5.41) is 10.9. The summed E-state index contributed by atoms with van der Waals surface area (Å²) in [4.78, 5) is 14.4. The molecule has 1 atom stereocenters. The molecular formula is C12H17NO3S. The predicted molar refractivity (Wildman–Crippen MR) is 66.5 cm³/mol. The lowest BCUT2D eigenvalue weighted by molar-refractivity contribution is -0.140. The van der Waals surface area contributed by atoms with Gasteiger partial charge in [0.25, 0.3) is 0 Å². The number of ether oxygens (including phenoxy) is 1. The van der Waals surface area contributed by atoms with E-state index in [1.54, 1.807) is 11.3 Å². The van der Waals surface area contributed by atoms with E-state index < -0.39 is 5.97 Å². The maximum Gasteiger partial charge on any atom is 0.305 e. The summed E-state index contributed by atoms with van der Waals surface area (Å²) in [5.41, 5.74) is 0. The van der Waals surface area contributed by atoms with E-state index in [4.69, 9.17) is 9.84 Å². The fourth-order valence-electron chi connectivity index (χ4n) is 2.08. The highest BCUT2D eigenvalue weighted by Crippen LogP contribution is 2.14. The van der Waals surface area contributed by atoms with Crippen molar-refractivity contribution in [2.24, 2.45) is 0 Å². The molecular weight excluding hydrogens is 238 g/mol. The Morgan fingerprint density at radius 1 is 1.65 bits per heavy atom. The molecule has 2 heterocycles. The quantitative estimate of drug-likeness (QED) is 0.865. The third-order valence-corrected chi connectivity index (χ3v) is 3.92. The number of hydrogen-bond acceptors (Lipinski definition) is 4. The molecule has 0 aromatic carbocycles. The topological polar surface area (TPSA) is 49.8 Å². The third kappa shape index (κ3) is 3.80. The molecule has 1 unspecified atom stereocenters. The van der Waals surface area contributed by atoms with Crippen LogP contribution in [0.5, 0.6) is 0 Å². The highest BCUT2D eigenvalue weighted by molar-refractivity contribution is 7.09. The number of carboxylic acids is 1. The van der Waals surface area contributed by atoms with E-state index in [0.717, 1.165) is 19.5 Å². The monoisotopic (exact) mass is 255 g/mol. The Labute approximate surface area is 105 Å². The summed E-state index contributed by atoms with van der Waals surface area (Å²) < 4.78 is 5.35. The van der Waals surface area contributed by atoms with Crippen molar-refractivity contribution in [3.8, 4) is 0 Å². The minimum absolute atomic E-state index is 0.0289. The van der Waals surface area contributed by atoms with Crippen molar-refractivity contribution in [2.45, 2.75) is 18.9 Å². The van der Waals surface area contributed by atoms with Crippen molar-refractivity contribution < 1.29 is 14.6 Å². The van der Waals surface area contributed by atoms with Gasteiger partial charge in [-0.2, -0.15) is 0 Å². The lowest BCUT2D eigenvalue weighted by atomic mass is 10.1. The third-order valence-electron chi connectivity index (χ3n) is 2.99. The molecule has 1 aromatic heterocycles. The molecule has 1 aliphatic heterocycles. The van der Waals surface area contributed by atoms with Crippen LogP contribution in [0.25, 0.3) is 0 Å². The van der Waals surface area contributed by atoms with Crippen LogP contribution in [-0.4, -0.2) is 48.3 Å². The predicted octanol–water partition coefficient (Wildman–Crippen LogP) is 1.47. The second-order valence-electron chi connectivity index (χ2n) is 4.19. The molecule has 0 amide bonds. The van der Waals surface area contributed by atoms with E-state index >= 15 is 0 Å². The van der Waals surface area contributed by atoms with Crippen LogP contribution in [0, 0.1) is 0 Å². The van der Waals surface area contributed by atoms with Crippen LogP contribution >= 0.6 is 11.3 Å². The SMILES string of the molecule is O=C(O)CC1COCCN1CCc1cccs1. The Morgan fingerprint density at radius 3 is 3.24 bits per heavy atom. The molecule has 1 N–H and O–H groups in total. The van der Waals surface area contributed by atoms with Gasteiger partial charge in [-0.3, -0.25) is 9.69 Å². The van der Waals surface area contributed by atoms with Gasteiger partial charge in [0.05, 0.1) is 19.6 Å². The first-order valence-electron chi connectivity index (χ1n) is 5.81. The zero-order chi connectivity index (χ0) is 12.1. The van der Waals surface area contributed by atoms with E-state index in [0.29, 0.717) is 13.2 Å². The Balaban J connectivity index is 1.85. The molecule has 5 heteroatoms. The van der Waals surface area contributed by atoms with Gasteiger partial charge in [0, 0.05) is 24.0 Å². The van der Waals surface area contributed by atoms with Gasteiger partial charge in [0.2, 0.25) is 0 Å².